The Morgan fingerprint density at radius 1 is 1.53 bits per heavy atom. The molecular formula is C11H10ClN3OS. The lowest BCUT2D eigenvalue weighted by molar-refractivity contribution is 0.0952. The number of aromatic nitrogens is 1. The molecule has 2 aromatic rings. The highest BCUT2D eigenvalue weighted by Crippen LogP contribution is 2.18. The van der Waals surface area contributed by atoms with Gasteiger partial charge in [0, 0.05) is 21.8 Å². The van der Waals surface area contributed by atoms with E-state index in [0.29, 0.717) is 22.8 Å². The van der Waals surface area contributed by atoms with E-state index >= 15 is 0 Å². The zero-order valence-corrected chi connectivity index (χ0v) is 10.4. The van der Waals surface area contributed by atoms with Crippen LogP contribution in [0.5, 0.6) is 0 Å². The van der Waals surface area contributed by atoms with Crippen LogP contribution in [-0.4, -0.2) is 10.9 Å². The molecule has 0 unspecified atom stereocenters. The quantitative estimate of drug-likeness (QED) is 0.839. The van der Waals surface area contributed by atoms with Gasteiger partial charge in [-0.2, -0.15) is 0 Å². The van der Waals surface area contributed by atoms with Crippen LogP contribution in [0.4, 0.5) is 5.69 Å². The fourth-order valence-corrected chi connectivity index (χ4v) is 2.05. The molecule has 1 aromatic heterocycles. The van der Waals surface area contributed by atoms with Crippen LogP contribution in [0, 0.1) is 0 Å². The van der Waals surface area contributed by atoms with Crippen molar-refractivity contribution in [2.45, 2.75) is 6.54 Å². The molecule has 88 valence electrons. The van der Waals surface area contributed by atoms with Gasteiger partial charge in [-0.15, -0.1) is 11.3 Å². The molecular weight excluding hydrogens is 258 g/mol. The predicted octanol–water partition coefficient (Wildman–Crippen LogP) is 2.31. The molecule has 0 aliphatic carbocycles. The maximum absolute atomic E-state index is 11.8. The second-order valence-corrected chi connectivity index (χ2v) is 4.79. The van der Waals surface area contributed by atoms with Gasteiger partial charge < -0.3 is 11.1 Å². The second-order valence-electron chi connectivity index (χ2n) is 3.38. The van der Waals surface area contributed by atoms with Crippen molar-refractivity contribution in [3.8, 4) is 0 Å². The van der Waals surface area contributed by atoms with E-state index in [0.717, 1.165) is 4.88 Å². The Labute approximate surface area is 107 Å². The number of hydrogen-bond donors (Lipinski definition) is 2. The van der Waals surface area contributed by atoms with Gasteiger partial charge in [-0.25, -0.2) is 0 Å². The van der Waals surface area contributed by atoms with Crippen molar-refractivity contribution in [1.82, 2.24) is 10.3 Å². The van der Waals surface area contributed by atoms with Crippen LogP contribution in [0.25, 0.3) is 0 Å². The van der Waals surface area contributed by atoms with E-state index in [9.17, 15) is 4.79 Å². The first-order valence-corrected chi connectivity index (χ1v) is 6.13. The van der Waals surface area contributed by atoms with Gasteiger partial charge in [0.15, 0.2) is 0 Å². The summed E-state index contributed by atoms with van der Waals surface area (Å²) in [6.07, 6.45) is 1.72. The molecule has 3 N–H and O–H groups in total. The largest absolute Gasteiger partial charge is 0.398 e. The van der Waals surface area contributed by atoms with Crippen molar-refractivity contribution >= 4 is 34.5 Å². The smallest absolute Gasteiger partial charge is 0.253 e. The minimum absolute atomic E-state index is 0.215. The molecule has 1 amide bonds. The topological polar surface area (TPSA) is 68.0 Å². The minimum atomic E-state index is -0.215. The number of nitrogens with one attached hydrogen (secondary N) is 1. The van der Waals surface area contributed by atoms with E-state index in [2.05, 4.69) is 10.3 Å². The van der Waals surface area contributed by atoms with Gasteiger partial charge >= 0.3 is 0 Å². The monoisotopic (exact) mass is 267 g/mol. The Hall–Kier alpha value is -1.59. The highest BCUT2D eigenvalue weighted by molar-refractivity contribution is 7.09. The maximum Gasteiger partial charge on any atom is 0.253 e. The van der Waals surface area contributed by atoms with Crippen molar-refractivity contribution < 1.29 is 4.79 Å². The number of hydrogen-bond acceptors (Lipinski definition) is 4. The second kappa shape index (κ2) is 5.16. The molecule has 1 heterocycles. The molecule has 6 heteroatoms. The molecule has 2 rings (SSSR count). The van der Waals surface area contributed by atoms with Crippen molar-refractivity contribution in [2.24, 2.45) is 0 Å². The SMILES string of the molecule is Nc1cc(Cl)ccc1C(=O)NCc1cncs1. The van der Waals surface area contributed by atoms with E-state index in [1.54, 1.807) is 29.9 Å². The summed E-state index contributed by atoms with van der Waals surface area (Å²) in [4.78, 5) is 16.7. The van der Waals surface area contributed by atoms with E-state index in [-0.39, 0.29) is 5.91 Å². The van der Waals surface area contributed by atoms with Gasteiger partial charge in [0.25, 0.3) is 5.91 Å². The predicted molar refractivity (Wildman–Crippen MR) is 69.1 cm³/mol. The average Bonchev–Trinajstić information content (AvgIpc) is 2.78. The van der Waals surface area contributed by atoms with E-state index in [1.165, 1.54) is 11.3 Å². The molecule has 1 aromatic carbocycles. The summed E-state index contributed by atoms with van der Waals surface area (Å²) in [5.74, 6) is -0.215. The zero-order chi connectivity index (χ0) is 12.3. The van der Waals surface area contributed by atoms with Gasteiger partial charge in [-0.05, 0) is 18.2 Å². The molecule has 0 fully saturated rings. The van der Waals surface area contributed by atoms with Crippen molar-refractivity contribution in [3.05, 3.63) is 45.4 Å². The number of nitrogens with zero attached hydrogens (tertiary/aromatic N) is 1. The average molecular weight is 268 g/mol. The third kappa shape index (κ3) is 2.95. The minimum Gasteiger partial charge on any atom is -0.398 e. The molecule has 0 spiro atoms. The highest BCUT2D eigenvalue weighted by Gasteiger charge is 2.09. The van der Waals surface area contributed by atoms with E-state index in [1.807, 2.05) is 0 Å². The first-order chi connectivity index (χ1) is 8.16. The fourth-order valence-electron chi connectivity index (χ4n) is 1.33. The molecule has 0 aliphatic heterocycles. The summed E-state index contributed by atoms with van der Waals surface area (Å²) < 4.78 is 0. The molecule has 0 bridgehead atoms. The van der Waals surface area contributed by atoms with E-state index in [4.69, 9.17) is 17.3 Å². The Bertz CT molecular complexity index is 528. The normalized spacial score (nSPS) is 10.2. The first-order valence-electron chi connectivity index (χ1n) is 4.87. The molecule has 0 aliphatic rings. The number of rotatable bonds is 3. The number of anilines is 1. The van der Waals surface area contributed by atoms with Crippen LogP contribution in [-0.2, 0) is 6.54 Å². The van der Waals surface area contributed by atoms with E-state index < -0.39 is 0 Å². The van der Waals surface area contributed by atoms with Crippen LogP contribution in [0.2, 0.25) is 5.02 Å². The van der Waals surface area contributed by atoms with Crippen LogP contribution in [0.1, 0.15) is 15.2 Å². The molecule has 0 radical (unpaired) electrons. The zero-order valence-electron chi connectivity index (χ0n) is 8.81. The fraction of sp³-hybridized carbons (Fsp3) is 0.0909. The van der Waals surface area contributed by atoms with Crippen LogP contribution >= 0.6 is 22.9 Å². The van der Waals surface area contributed by atoms with Crippen LogP contribution in [0.15, 0.2) is 29.9 Å². The number of carbonyl (C=O) groups is 1. The van der Waals surface area contributed by atoms with Crippen molar-refractivity contribution in [1.29, 1.82) is 0 Å². The lowest BCUT2D eigenvalue weighted by atomic mass is 10.1. The standard InChI is InChI=1S/C11H10ClN3OS/c12-7-1-2-9(10(13)3-7)11(16)15-5-8-4-14-6-17-8/h1-4,6H,5,13H2,(H,15,16). The van der Waals surface area contributed by atoms with Gasteiger partial charge in [-0.3, -0.25) is 9.78 Å². The van der Waals surface area contributed by atoms with Gasteiger partial charge in [0.1, 0.15) is 0 Å². The Balaban J connectivity index is 2.04. The van der Waals surface area contributed by atoms with Crippen LogP contribution < -0.4 is 11.1 Å². The Morgan fingerprint density at radius 3 is 3.00 bits per heavy atom. The number of halogens is 1. The summed E-state index contributed by atoms with van der Waals surface area (Å²) in [7, 11) is 0. The number of carbonyl (C=O) groups excluding carboxylic acids is 1. The van der Waals surface area contributed by atoms with Crippen molar-refractivity contribution in [2.75, 3.05) is 5.73 Å². The molecule has 0 atom stereocenters. The molecule has 0 saturated carbocycles. The lowest BCUT2D eigenvalue weighted by Crippen LogP contribution is -2.23. The first kappa shape index (κ1) is 11.9. The van der Waals surface area contributed by atoms with Gasteiger partial charge in [0.2, 0.25) is 0 Å². The number of benzene rings is 1. The molecule has 0 saturated heterocycles. The summed E-state index contributed by atoms with van der Waals surface area (Å²) in [6.45, 7) is 0.450. The Morgan fingerprint density at radius 2 is 2.35 bits per heavy atom. The number of nitrogens with two attached hydrogens (primary N) is 1. The Kier molecular flexibility index (Phi) is 3.61. The van der Waals surface area contributed by atoms with Gasteiger partial charge in [-0.1, -0.05) is 11.6 Å². The number of amides is 1. The number of thiazole rings is 1. The maximum atomic E-state index is 11.8. The summed E-state index contributed by atoms with van der Waals surface area (Å²) in [5.41, 5.74) is 8.24. The summed E-state index contributed by atoms with van der Waals surface area (Å²) >= 11 is 7.25. The summed E-state index contributed by atoms with van der Waals surface area (Å²) in [6, 6.07) is 4.81. The molecule has 17 heavy (non-hydrogen) atoms. The summed E-state index contributed by atoms with van der Waals surface area (Å²) in [5, 5.41) is 3.29. The van der Waals surface area contributed by atoms with Crippen LogP contribution in [0.3, 0.4) is 0 Å². The van der Waals surface area contributed by atoms with Crippen molar-refractivity contribution in [3.63, 3.8) is 0 Å². The molecule has 4 nitrogen and oxygen atoms in total. The third-order valence-electron chi connectivity index (χ3n) is 2.16. The highest BCUT2D eigenvalue weighted by atomic mass is 35.5. The third-order valence-corrected chi connectivity index (χ3v) is 3.18. The lowest BCUT2D eigenvalue weighted by Gasteiger charge is -2.06. The number of nitrogen functional groups attached to an aromatic ring is 1. The van der Waals surface area contributed by atoms with Gasteiger partial charge in [0.05, 0.1) is 17.6 Å².